The van der Waals surface area contributed by atoms with Gasteiger partial charge in [-0.3, -0.25) is 0 Å². The first kappa shape index (κ1) is 9.26. The van der Waals surface area contributed by atoms with E-state index in [9.17, 15) is 0 Å². The molecule has 6 nitrogen and oxygen atoms in total. The predicted octanol–water partition coefficient (Wildman–Crippen LogP) is -0.314. The zero-order valence-corrected chi connectivity index (χ0v) is 8.02. The van der Waals surface area contributed by atoms with E-state index in [1.54, 1.807) is 0 Å². The largest absolute Gasteiger partial charge is 0.378 e. The third-order valence-electron chi connectivity index (χ3n) is 2.48. The lowest BCUT2D eigenvalue weighted by molar-refractivity contribution is 0.0153. The van der Waals surface area contributed by atoms with Crippen molar-refractivity contribution in [1.82, 2.24) is 14.9 Å². The highest BCUT2D eigenvalue weighted by Crippen LogP contribution is 2.16. The van der Waals surface area contributed by atoms with Gasteiger partial charge < -0.3 is 16.3 Å². The summed E-state index contributed by atoms with van der Waals surface area (Å²) >= 11 is 0. The fraction of sp³-hybridized carbons (Fsp3) is 0.750. The molecule has 0 amide bonds. The van der Waals surface area contributed by atoms with Crippen LogP contribution in [0.4, 0.5) is 5.95 Å². The minimum Gasteiger partial charge on any atom is -0.378 e. The van der Waals surface area contributed by atoms with Crippen molar-refractivity contribution >= 4 is 5.95 Å². The van der Waals surface area contributed by atoms with E-state index in [4.69, 9.17) is 16.3 Å². The Bertz CT molecular complexity index is 305. The summed E-state index contributed by atoms with van der Waals surface area (Å²) < 4.78 is 6.89. The number of aromatic nitrogens is 3. The standard InChI is InChI=1S/C8H15N5O/c9-8-12-11-7(13(8)10)5-6-3-1-2-4-14-6/h6H,1-5,10H2,(H2,9,12). The number of hydrogen-bond donors (Lipinski definition) is 2. The topological polar surface area (TPSA) is 92.0 Å². The van der Waals surface area contributed by atoms with Crippen molar-refractivity contribution in [3.63, 3.8) is 0 Å². The molecule has 2 rings (SSSR count). The number of nitrogen functional groups attached to an aromatic ring is 2. The maximum Gasteiger partial charge on any atom is 0.240 e. The summed E-state index contributed by atoms with van der Waals surface area (Å²) in [6, 6.07) is 0. The van der Waals surface area contributed by atoms with Gasteiger partial charge in [-0.15, -0.1) is 10.2 Å². The van der Waals surface area contributed by atoms with Crippen LogP contribution < -0.4 is 11.6 Å². The average molecular weight is 197 g/mol. The highest BCUT2D eigenvalue weighted by atomic mass is 16.5. The average Bonchev–Trinajstić information content (AvgIpc) is 2.52. The van der Waals surface area contributed by atoms with Crippen molar-refractivity contribution in [1.29, 1.82) is 0 Å². The Balaban J connectivity index is 1.99. The van der Waals surface area contributed by atoms with Crippen molar-refractivity contribution < 1.29 is 4.74 Å². The van der Waals surface area contributed by atoms with E-state index in [1.165, 1.54) is 11.1 Å². The number of nitrogens with zero attached hydrogens (tertiary/aromatic N) is 3. The Morgan fingerprint density at radius 3 is 2.86 bits per heavy atom. The van der Waals surface area contributed by atoms with Crippen molar-refractivity contribution in [3.8, 4) is 0 Å². The van der Waals surface area contributed by atoms with E-state index in [2.05, 4.69) is 10.2 Å². The monoisotopic (exact) mass is 197 g/mol. The summed E-state index contributed by atoms with van der Waals surface area (Å²) in [6.07, 6.45) is 4.33. The van der Waals surface area contributed by atoms with E-state index in [0.29, 0.717) is 12.2 Å². The number of nitrogens with two attached hydrogens (primary N) is 2. The number of rotatable bonds is 2. The highest BCUT2D eigenvalue weighted by Gasteiger charge is 2.17. The molecule has 1 unspecified atom stereocenters. The summed E-state index contributed by atoms with van der Waals surface area (Å²) in [5.74, 6) is 6.57. The lowest BCUT2D eigenvalue weighted by Crippen LogP contribution is -2.25. The van der Waals surface area contributed by atoms with Crippen LogP contribution in [0.2, 0.25) is 0 Å². The summed E-state index contributed by atoms with van der Waals surface area (Å²) in [6.45, 7) is 0.832. The highest BCUT2D eigenvalue weighted by molar-refractivity contribution is 5.17. The molecular formula is C8H15N5O. The zero-order valence-electron chi connectivity index (χ0n) is 8.02. The van der Waals surface area contributed by atoms with Gasteiger partial charge in [0.1, 0.15) is 0 Å². The first-order chi connectivity index (χ1) is 6.77. The van der Waals surface area contributed by atoms with Crippen LogP contribution in [-0.4, -0.2) is 27.6 Å². The molecule has 14 heavy (non-hydrogen) atoms. The van der Waals surface area contributed by atoms with Crippen LogP contribution in [0.1, 0.15) is 25.1 Å². The Morgan fingerprint density at radius 1 is 1.43 bits per heavy atom. The fourth-order valence-corrected chi connectivity index (χ4v) is 1.65. The first-order valence-corrected chi connectivity index (χ1v) is 4.84. The van der Waals surface area contributed by atoms with Gasteiger partial charge in [-0.25, -0.2) is 4.68 Å². The zero-order chi connectivity index (χ0) is 9.97. The molecule has 1 fully saturated rings. The van der Waals surface area contributed by atoms with Gasteiger partial charge >= 0.3 is 0 Å². The minimum atomic E-state index is 0.217. The lowest BCUT2D eigenvalue weighted by atomic mass is 10.1. The molecule has 2 heterocycles. The second kappa shape index (κ2) is 3.83. The van der Waals surface area contributed by atoms with Crippen LogP contribution in [0.25, 0.3) is 0 Å². The van der Waals surface area contributed by atoms with E-state index < -0.39 is 0 Å². The smallest absolute Gasteiger partial charge is 0.240 e. The lowest BCUT2D eigenvalue weighted by Gasteiger charge is -2.21. The second-order valence-electron chi connectivity index (χ2n) is 3.54. The van der Waals surface area contributed by atoms with Crippen molar-refractivity contribution in [2.45, 2.75) is 31.8 Å². The number of ether oxygens (including phenoxy) is 1. The van der Waals surface area contributed by atoms with Crippen LogP contribution in [-0.2, 0) is 11.2 Å². The summed E-state index contributed by atoms with van der Waals surface area (Å²) in [5.41, 5.74) is 5.47. The maximum atomic E-state index is 5.63. The van der Waals surface area contributed by atoms with E-state index in [0.717, 1.165) is 19.4 Å². The van der Waals surface area contributed by atoms with Crippen molar-refractivity contribution in [2.24, 2.45) is 0 Å². The minimum absolute atomic E-state index is 0.217. The molecule has 0 spiro atoms. The molecule has 0 bridgehead atoms. The third-order valence-corrected chi connectivity index (χ3v) is 2.48. The Hall–Kier alpha value is -1.30. The molecule has 6 heteroatoms. The third kappa shape index (κ3) is 1.79. The molecule has 1 aromatic rings. The number of anilines is 1. The Morgan fingerprint density at radius 2 is 2.29 bits per heavy atom. The van der Waals surface area contributed by atoms with Crippen LogP contribution in [0.15, 0.2) is 0 Å². The van der Waals surface area contributed by atoms with E-state index in [-0.39, 0.29) is 12.1 Å². The second-order valence-corrected chi connectivity index (χ2v) is 3.54. The predicted molar refractivity (Wildman–Crippen MR) is 51.9 cm³/mol. The fourth-order valence-electron chi connectivity index (χ4n) is 1.65. The van der Waals surface area contributed by atoms with Crippen LogP contribution in [0.5, 0.6) is 0 Å². The molecular weight excluding hydrogens is 182 g/mol. The molecule has 0 aromatic carbocycles. The quantitative estimate of drug-likeness (QED) is 0.634. The van der Waals surface area contributed by atoms with Gasteiger partial charge in [0.05, 0.1) is 6.10 Å². The van der Waals surface area contributed by atoms with Crippen LogP contribution in [0, 0.1) is 0 Å². The molecule has 0 radical (unpaired) electrons. The van der Waals surface area contributed by atoms with Gasteiger partial charge in [0.25, 0.3) is 0 Å². The van der Waals surface area contributed by atoms with Gasteiger partial charge in [-0.1, -0.05) is 0 Å². The van der Waals surface area contributed by atoms with Gasteiger partial charge in [0.15, 0.2) is 5.82 Å². The number of hydrogen-bond acceptors (Lipinski definition) is 5. The molecule has 1 saturated heterocycles. The molecule has 1 aliphatic heterocycles. The summed E-state index contributed by atoms with van der Waals surface area (Å²) in [4.78, 5) is 0. The maximum absolute atomic E-state index is 5.63. The Labute approximate surface area is 82.2 Å². The van der Waals surface area contributed by atoms with E-state index in [1.807, 2.05) is 0 Å². The van der Waals surface area contributed by atoms with E-state index >= 15 is 0 Å². The first-order valence-electron chi connectivity index (χ1n) is 4.84. The van der Waals surface area contributed by atoms with Gasteiger partial charge in [-0.2, -0.15) is 0 Å². The van der Waals surface area contributed by atoms with Crippen molar-refractivity contribution in [2.75, 3.05) is 18.2 Å². The normalized spacial score (nSPS) is 22.4. The van der Waals surface area contributed by atoms with Crippen LogP contribution in [0.3, 0.4) is 0 Å². The van der Waals surface area contributed by atoms with Gasteiger partial charge in [0.2, 0.25) is 5.95 Å². The van der Waals surface area contributed by atoms with Crippen LogP contribution >= 0.6 is 0 Å². The SMILES string of the molecule is Nc1nnc(CC2CCCCO2)n1N. The molecule has 4 N–H and O–H groups in total. The summed E-state index contributed by atoms with van der Waals surface area (Å²) in [7, 11) is 0. The Kier molecular flexibility index (Phi) is 2.53. The summed E-state index contributed by atoms with van der Waals surface area (Å²) in [5, 5.41) is 7.58. The molecule has 78 valence electrons. The van der Waals surface area contributed by atoms with Gasteiger partial charge in [-0.05, 0) is 19.3 Å². The molecule has 1 aliphatic rings. The van der Waals surface area contributed by atoms with Gasteiger partial charge in [0, 0.05) is 13.0 Å². The van der Waals surface area contributed by atoms with Crippen molar-refractivity contribution in [3.05, 3.63) is 5.82 Å². The molecule has 1 atom stereocenters. The molecule has 1 aromatic heterocycles. The molecule has 0 aliphatic carbocycles. The molecule has 0 saturated carbocycles.